The molecule has 4 N–H and O–H groups in total. The van der Waals surface area contributed by atoms with E-state index in [0.29, 0.717) is 6.54 Å². The van der Waals surface area contributed by atoms with Gasteiger partial charge in [0.2, 0.25) is 0 Å². The van der Waals surface area contributed by atoms with E-state index < -0.39 is 12.0 Å². The number of hydrogen-bond acceptors (Lipinski definition) is 3. The molecule has 1 atom stereocenters. The van der Waals surface area contributed by atoms with Gasteiger partial charge in [-0.3, -0.25) is 4.79 Å². The van der Waals surface area contributed by atoms with E-state index in [0.717, 1.165) is 25.9 Å². The van der Waals surface area contributed by atoms with Gasteiger partial charge in [0.15, 0.2) is 0 Å². The molecule has 1 heterocycles. The quantitative estimate of drug-likeness (QED) is 0.594. The van der Waals surface area contributed by atoms with Gasteiger partial charge in [0.05, 0.1) is 0 Å². The molecule has 0 spiro atoms. The Kier molecular flexibility index (Phi) is 4.36. The number of nitrogens with zero attached hydrogens (tertiary/aromatic N) is 1. The third kappa shape index (κ3) is 3.75. The summed E-state index contributed by atoms with van der Waals surface area (Å²) in [7, 11) is 0. The van der Waals surface area contributed by atoms with E-state index >= 15 is 0 Å². The summed E-state index contributed by atoms with van der Waals surface area (Å²) in [5.41, 5.74) is 5.29. The van der Waals surface area contributed by atoms with Crippen molar-refractivity contribution in [2.75, 3.05) is 19.6 Å². The van der Waals surface area contributed by atoms with Gasteiger partial charge in [0, 0.05) is 19.6 Å². The number of aliphatic carboxylic acids is 1. The molecule has 1 aliphatic rings. The average Bonchev–Trinajstić information content (AvgIpc) is 2.70. The second kappa shape index (κ2) is 5.55. The Morgan fingerprint density at radius 3 is 2.53 bits per heavy atom. The number of carbonyl (C=O) groups excluding carboxylic acids is 1. The van der Waals surface area contributed by atoms with E-state index in [4.69, 9.17) is 10.8 Å². The Morgan fingerprint density at radius 2 is 2.00 bits per heavy atom. The second-order valence-electron chi connectivity index (χ2n) is 3.66. The molecule has 0 aromatic carbocycles. The number of carboxylic acid groups (broad SMARTS) is 1. The SMILES string of the molecule is N[C@@H](CCNC(=O)N1CCCC1)C(=O)O. The highest BCUT2D eigenvalue weighted by atomic mass is 16.4. The maximum Gasteiger partial charge on any atom is 0.320 e. The number of carbonyl (C=O) groups is 2. The van der Waals surface area contributed by atoms with Crippen molar-refractivity contribution in [3.05, 3.63) is 0 Å². The first-order chi connectivity index (χ1) is 7.11. The predicted molar refractivity (Wildman–Crippen MR) is 54.4 cm³/mol. The number of carboxylic acids is 1. The summed E-state index contributed by atoms with van der Waals surface area (Å²) in [6, 6.07) is -1.02. The third-order valence-corrected chi connectivity index (χ3v) is 2.44. The van der Waals surface area contributed by atoms with Crippen LogP contribution in [0.3, 0.4) is 0 Å². The van der Waals surface area contributed by atoms with E-state index in [1.165, 1.54) is 0 Å². The lowest BCUT2D eigenvalue weighted by molar-refractivity contribution is -0.138. The number of nitrogens with one attached hydrogen (secondary N) is 1. The van der Waals surface area contributed by atoms with Crippen LogP contribution < -0.4 is 11.1 Å². The van der Waals surface area contributed by atoms with Crippen LogP contribution in [0.15, 0.2) is 0 Å². The molecule has 2 amide bonds. The minimum absolute atomic E-state index is 0.120. The maximum absolute atomic E-state index is 11.4. The molecule has 0 aromatic rings. The van der Waals surface area contributed by atoms with Crippen LogP contribution in [0.25, 0.3) is 0 Å². The fraction of sp³-hybridized carbons (Fsp3) is 0.778. The Hall–Kier alpha value is -1.30. The smallest absolute Gasteiger partial charge is 0.320 e. The minimum Gasteiger partial charge on any atom is -0.480 e. The molecule has 0 aromatic heterocycles. The zero-order valence-corrected chi connectivity index (χ0v) is 8.61. The lowest BCUT2D eigenvalue weighted by Gasteiger charge is -2.16. The van der Waals surface area contributed by atoms with Crippen molar-refractivity contribution in [3.63, 3.8) is 0 Å². The Labute approximate surface area is 88.4 Å². The highest BCUT2D eigenvalue weighted by Crippen LogP contribution is 2.06. The van der Waals surface area contributed by atoms with Gasteiger partial charge >= 0.3 is 12.0 Å². The molecular weight excluding hydrogens is 198 g/mol. The number of rotatable bonds is 4. The molecule has 6 nitrogen and oxygen atoms in total. The maximum atomic E-state index is 11.4. The van der Waals surface area contributed by atoms with Gasteiger partial charge in [-0.1, -0.05) is 0 Å². The number of likely N-dealkylation sites (tertiary alicyclic amines) is 1. The van der Waals surface area contributed by atoms with Crippen LogP contribution in [0, 0.1) is 0 Å². The highest BCUT2D eigenvalue weighted by molar-refractivity contribution is 5.75. The van der Waals surface area contributed by atoms with Crippen molar-refractivity contribution in [2.45, 2.75) is 25.3 Å². The lowest BCUT2D eigenvalue weighted by Crippen LogP contribution is -2.41. The second-order valence-corrected chi connectivity index (χ2v) is 3.66. The summed E-state index contributed by atoms with van der Waals surface area (Å²) in [6.45, 7) is 1.89. The number of hydrogen-bond donors (Lipinski definition) is 3. The first-order valence-electron chi connectivity index (χ1n) is 5.12. The standard InChI is InChI=1S/C9H17N3O3/c10-7(8(13)14)3-4-11-9(15)12-5-1-2-6-12/h7H,1-6,10H2,(H,11,15)(H,13,14)/t7-/m0/s1. The van der Waals surface area contributed by atoms with Gasteiger partial charge in [0.25, 0.3) is 0 Å². The van der Waals surface area contributed by atoms with E-state index in [9.17, 15) is 9.59 Å². The molecular formula is C9H17N3O3. The molecule has 1 aliphatic heterocycles. The summed E-state index contributed by atoms with van der Waals surface area (Å²) >= 11 is 0. The van der Waals surface area contributed by atoms with E-state index in [2.05, 4.69) is 5.32 Å². The molecule has 0 aliphatic carbocycles. The number of nitrogens with two attached hydrogens (primary N) is 1. The van der Waals surface area contributed by atoms with Gasteiger partial charge in [-0.2, -0.15) is 0 Å². The molecule has 0 saturated carbocycles. The molecule has 86 valence electrons. The van der Waals surface area contributed by atoms with Crippen LogP contribution in [-0.4, -0.2) is 47.7 Å². The Balaban J connectivity index is 2.14. The van der Waals surface area contributed by atoms with Crippen molar-refractivity contribution >= 4 is 12.0 Å². The van der Waals surface area contributed by atoms with E-state index in [1.807, 2.05) is 0 Å². The molecule has 0 unspecified atom stereocenters. The summed E-state index contributed by atoms with van der Waals surface area (Å²) in [5.74, 6) is -1.04. The summed E-state index contributed by atoms with van der Waals surface area (Å²) in [5, 5.41) is 11.2. The molecule has 0 bridgehead atoms. The van der Waals surface area contributed by atoms with Crippen molar-refractivity contribution < 1.29 is 14.7 Å². The third-order valence-electron chi connectivity index (χ3n) is 2.44. The van der Waals surface area contributed by atoms with Crippen LogP contribution in [0.5, 0.6) is 0 Å². The van der Waals surface area contributed by atoms with Crippen LogP contribution in [0.4, 0.5) is 4.79 Å². The van der Waals surface area contributed by atoms with Crippen LogP contribution in [0.2, 0.25) is 0 Å². The number of urea groups is 1. The molecule has 0 radical (unpaired) electrons. The Morgan fingerprint density at radius 1 is 1.40 bits per heavy atom. The van der Waals surface area contributed by atoms with Crippen molar-refractivity contribution in [1.29, 1.82) is 0 Å². The molecule has 1 fully saturated rings. The summed E-state index contributed by atoms with van der Waals surface area (Å²) in [6.07, 6.45) is 2.35. The van der Waals surface area contributed by atoms with Gasteiger partial charge in [0.1, 0.15) is 6.04 Å². The number of amides is 2. The van der Waals surface area contributed by atoms with E-state index in [1.54, 1.807) is 4.90 Å². The average molecular weight is 215 g/mol. The zero-order chi connectivity index (χ0) is 11.3. The fourth-order valence-electron chi connectivity index (χ4n) is 1.49. The van der Waals surface area contributed by atoms with Gasteiger partial charge in [-0.05, 0) is 19.3 Å². The molecule has 15 heavy (non-hydrogen) atoms. The van der Waals surface area contributed by atoms with Gasteiger partial charge in [-0.25, -0.2) is 4.79 Å². The molecule has 6 heteroatoms. The largest absolute Gasteiger partial charge is 0.480 e. The normalized spacial score (nSPS) is 17.5. The topological polar surface area (TPSA) is 95.7 Å². The monoisotopic (exact) mass is 215 g/mol. The summed E-state index contributed by atoms with van der Waals surface area (Å²) < 4.78 is 0. The fourth-order valence-corrected chi connectivity index (χ4v) is 1.49. The first kappa shape index (κ1) is 11.8. The van der Waals surface area contributed by atoms with Crippen LogP contribution in [-0.2, 0) is 4.79 Å². The van der Waals surface area contributed by atoms with Crippen LogP contribution >= 0.6 is 0 Å². The predicted octanol–water partition coefficient (Wildman–Crippen LogP) is -0.406. The van der Waals surface area contributed by atoms with Crippen molar-refractivity contribution in [2.24, 2.45) is 5.73 Å². The van der Waals surface area contributed by atoms with E-state index in [-0.39, 0.29) is 12.5 Å². The highest BCUT2D eigenvalue weighted by Gasteiger charge is 2.18. The van der Waals surface area contributed by atoms with Crippen LogP contribution in [0.1, 0.15) is 19.3 Å². The van der Waals surface area contributed by atoms with Crippen molar-refractivity contribution in [1.82, 2.24) is 10.2 Å². The summed E-state index contributed by atoms with van der Waals surface area (Å²) in [4.78, 5) is 23.5. The lowest BCUT2D eigenvalue weighted by atomic mass is 10.2. The zero-order valence-electron chi connectivity index (χ0n) is 8.61. The molecule has 1 rings (SSSR count). The molecule has 1 saturated heterocycles. The van der Waals surface area contributed by atoms with Gasteiger partial charge < -0.3 is 21.1 Å². The van der Waals surface area contributed by atoms with Gasteiger partial charge in [-0.15, -0.1) is 0 Å². The van der Waals surface area contributed by atoms with Crippen molar-refractivity contribution in [3.8, 4) is 0 Å². The Bertz CT molecular complexity index is 239. The minimum atomic E-state index is -1.04. The first-order valence-corrected chi connectivity index (χ1v) is 5.12.